The van der Waals surface area contributed by atoms with E-state index in [1.54, 1.807) is 26.2 Å². The Kier molecular flexibility index (Phi) is 6.47. The van der Waals surface area contributed by atoms with E-state index < -0.39 is 5.41 Å². The normalized spacial score (nSPS) is 21.8. The van der Waals surface area contributed by atoms with Crippen LogP contribution < -0.4 is 4.74 Å². The number of aromatic nitrogens is 2. The molecule has 186 valence electrons. The van der Waals surface area contributed by atoms with Gasteiger partial charge in [-0.3, -0.25) is 9.59 Å². The largest absolute Gasteiger partial charge is 0.494 e. The lowest BCUT2D eigenvalue weighted by Gasteiger charge is -2.45. The molecule has 2 heterocycles. The van der Waals surface area contributed by atoms with Crippen LogP contribution in [0.1, 0.15) is 60.9 Å². The average Bonchev–Trinajstić information content (AvgIpc) is 3.50. The van der Waals surface area contributed by atoms with Gasteiger partial charge in [-0.1, -0.05) is 18.0 Å². The van der Waals surface area contributed by atoms with Crippen LogP contribution in [0.5, 0.6) is 5.75 Å². The number of benzene rings is 1. The molecule has 0 radical (unpaired) electrons. The fourth-order valence-electron chi connectivity index (χ4n) is 5.93. The molecule has 35 heavy (non-hydrogen) atoms. The van der Waals surface area contributed by atoms with Crippen molar-refractivity contribution in [2.24, 2.45) is 11.3 Å². The van der Waals surface area contributed by atoms with Gasteiger partial charge in [0.15, 0.2) is 0 Å². The van der Waals surface area contributed by atoms with Crippen molar-refractivity contribution in [2.45, 2.75) is 50.4 Å². The van der Waals surface area contributed by atoms with Gasteiger partial charge in [0.1, 0.15) is 12.1 Å². The van der Waals surface area contributed by atoms with Crippen molar-refractivity contribution in [3.8, 4) is 5.75 Å². The fraction of sp³-hybridized carbons (Fsp3) is 0.556. The monoisotopic (exact) mass is 496 g/mol. The molecular weight excluding hydrogens is 464 g/mol. The Hall–Kier alpha value is -2.67. The summed E-state index contributed by atoms with van der Waals surface area (Å²) >= 11 is 6.30. The summed E-state index contributed by atoms with van der Waals surface area (Å²) in [4.78, 5) is 37.5. The first kappa shape index (κ1) is 24.0. The molecule has 0 N–H and O–H groups in total. The van der Waals surface area contributed by atoms with Gasteiger partial charge in [-0.25, -0.2) is 9.97 Å². The molecule has 2 amide bonds. The molecule has 1 spiro atoms. The number of ether oxygens (including phenoxy) is 1. The summed E-state index contributed by atoms with van der Waals surface area (Å²) in [6.07, 6.45) is 12.4. The summed E-state index contributed by atoms with van der Waals surface area (Å²) in [5.74, 6) is 1.48. The van der Waals surface area contributed by atoms with Gasteiger partial charge in [0, 0.05) is 45.1 Å². The van der Waals surface area contributed by atoms with Gasteiger partial charge >= 0.3 is 0 Å². The lowest BCUT2D eigenvalue weighted by atomic mass is 9.64. The third kappa shape index (κ3) is 4.51. The summed E-state index contributed by atoms with van der Waals surface area (Å²) in [7, 11) is 3.41. The van der Waals surface area contributed by atoms with E-state index >= 15 is 0 Å². The van der Waals surface area contributed by atoms with Crippen LogP contribution in [0.15, 0.2) is 36.9 Å². The van der Waals surface area contributed by atoms with Crippen LogP contribution in [0.4, 0.5) is 0 Å². The molecule has 8 heteroatoms. The van der Waals surface area contributed by atoms with Gasteiger partial charge in [0.2, 0.25) is 5.91 Å². The minimum Gasteiger partial charge on any atom is -0.494 e. The highest BCUT2D eigenvalue weighted by molar-refractivity contribution is 6.34. The molecule has 2 aliphatic carbocycles. The standard InChI is InChI=1S/C27H33ClN4O3/c1-31(2)24(33)22-5-4-21(14-23(22)28)35-13-6-19-15-26(19)9-11-32(12-10-26)25(34)27(7-3-8-27)20-16-29-18-30-17-20/h4-5,14,16-19H,3,6-13,15H2,1-2H3/t19-/m0/s1. The molecular formula is C27H33ClN4O3. The number of carbonyl (C=O) groups excluding carboxylic acids is 2. The quantitative estimate of drug-likeness (QED) is 0.569. The number of likely N-dealkylation sites (tertiary alicyclic amines) is 1. The van der Waals surface area contributed by atoms with E-state index in [0.717, 1.165) is 57.2 Å². The zero-order valence-corrected chi connectivity index (χ0v) is 21.3. The van der Waals surface area contributed by atoms with Gasteiger partial charge in [0.25, 0.3) is 5.91 Å². The Labute approximate surface area is 211 Å². The summed E-state index contributed by atoms with van der Waals surface area (Å²) in [6.45, 7) is 2.30. The second-order valence-electron chi connectivity index (χ2n) is 10.6. The van der Waals surface area contributed by atoms with Crippen LogP contribution in [-0.4, -0.2) is 65.4 Å². The van der Waals surface area contributed by atoms with Crippen molar-refractivity contribution in [1.29, 1.82) is 0 Å². The molecule has 0 unspecified atom stereocenters. The van der Waals surface area contributed by atoms with Gasteiger partial charge in [0.05, 0.1) is 22.6 Å². The average molecular weight is 497 g/mol. The number of nitrogens with zero attached hydrogens (tertiary/aromatic N) is 4. The molecule has 1 aromatic carbocycles. The highest BCUT2D eigenvalue weighted by Gasteiger charge is 2.56. The third-order valence-electron chi connectivity index (χ3n) is 8.45. The first-order valence-corrected chi connectivity index (χ1v) is 12.9. The molecule has 2 aromatic rings. The molecule has 1 aliphatic heterocycles. The smallest absolute Gasteiger partial charge is 0.254 e. The van der Waals surface area contributed by atoms with E-state index in [1.807, 2.05) is 18.5 Å². The van der Waals surface area contributed by atoms with E-state index in [-0.39, 0.29) is 11.8 Å². The maximum Gasteiger partial charge on any atom is 0.254 e. The molecule has 2 saturated carbocycles. The second-order valence-corrected chi connectivity index (χ2v) is 11.0. The zero-order chi connectivity index (χ0) is 24.6. The highest BCUT2D eigenvalue weighted by Crippen LogP contribution is 2.61. The van der Waals surface area contributed by atoms with Crippen LogP contribution in [0.3, 0.4) is 0 Å². The maximum absolute atomic E-state index is 13.5. The van der Waals surface area contributed by atoms with E-state index in [1.165, 1.54) is 17.6 Å². The predicted octanol–water partition coefficient (Wildman–Crippen LogP) is 4.35. The van der Waals surface area contributed by atoms with Gasteiger partial charge < -0.3 is 14.5 Å². The Bertz CT molecular complexity index is 1090. The van der Waals surface area contributed by atoms with E-state index in [9.17, 15) is 9.59 Å². The Balaban J connectivity index is 1.10. The molecule has 1 atom stereocenters. The van der Waals surface area contributed by atoms with Gasteiger partial charge in [-0.2, -0.15) is 0 Å². The molecule has 0 bridgehead atoms. The molecule has 1 saturated heterocycles. The highest BCUT2D eigenvalue weighted by atomic mass is 35.5. The van der Waals surface area contributed by atoms with Gasteiger partial charge in [-0.15, -0.1) is 0 Å². The van der Waals surface area contributed by atoms with Crippen molar-refractivity contribution in [3.05, 3.63) is 53.1 Å². The summed E-state index contributed by atoms with van der Waals surface area (Å²) in [6, 6.07) is 5.25. The minimum absolute atomic E-state index is 0.119. The number of hydrogen-bond donors (Lipinski definition) is 0. The predicted molar refractivity (Wildman–Crippen MR) is 133 cm³/mol. The lowest BCUT2D eigenvalue weighted by Crippen LogP contribution is -2.53. The molecule has 3 aliphatic rings. The Morgan fingerprint density at radius 3 is 2.46 bits per heavy atom. The summed E-state index contributed by atoms with van der Waals surface area (Å²) in [5, 5.41) is 0.410. The number of hydrogen-bond acceptors (Lipinski definition) is 5. The van der Waals surface area contributed by atoms with Crippen molar-refractivity contribution in [3.63, 3.8) is 0 Å². The van der Waals surface area contributed by atoms with Crippen LogP contribution in [0, 0.1) is 11.3 Å². The van der Waals surface area contributed by atoms with Crippen LogP contribution in [0.25, 0.3) is 0 Å². The fourth-order valence-corrected chi connectivity index (χ4v) is 6.18. The zero-order valence-electron chi connectivity index (χ0n) is 20.5. The SMILES string of the molecule is CN(C)C(=O)c1ccc(OCC[C@H]2CC23CCN(C(=O)C2(c4cncnc4)CCC2)CC3)cc1Cl. The number of piperidine rings is 1. The van der Waals surface area contributed by atoms with Crippen molar-refractivity contribution in [2.75, 3.05) is 33.8 Å². The molecule has 5 rings (SSSR count). The van der Waals surface area contributed by atoms with Gasteiger partial charge in [-0.05, 0) is 68.1 Å². The molecule has 3 fully saturated rings. The first-order chi connectivity index (χ1) is 16.8. The van der Waals surface area contributed by atoms with Crippen molar-refractivity contribution < 1.29 is 14.3 Å². The van der Waals surface area contributed by atoms with E-state index in [4.69, 9.17) is 16.3 Å². The third-order valence-corrected chi connectivity index (χ3v) is 8.76. The molecule has 7 nitrogen and oxygen atoms in total. The minimum atomic E-state index is -0.406. The van der Waals surface area contributed by atoms with Crippen molar-refractivity contribution >= 4 is 23.4 Å². The molecule has 1 aromatic heterocycles. The number of amides is 2. The second kappa shape index (κ2) is 9.41. The van der Waals surface area contributed by atoms with E-state index in [2.05, 4.69) is 14.9 Å². The lowest BCUT2D eigenvalue weighted by molar-refractivity contribution is -0.142. The Morgan fingerprint density at radius 2 is 1.86 bits per heavy atom. The number of halogens is 1. The summed E-state index contributed by atoms with van der Waals surface area (Å²) in [5.41, 5.74) is 1.41. The topological polar surface area (TPSA) is 75.6 Å². The summed E-state index contributed by atoms with van der Waals surface area (Å²) < 4.78 is 5.96. The first-order valence-electron chi connectivity index (χ1n) is 12.5. The number of rotatable bonds is 7. The maximum atomic E-state index is 13.5. The van der Waals surface area contributed by atoms with Crippen LogP contribution in [0.2, 0.25) is 5.02 Å². The van der Waals surface area contributed by atoms with Crippen LogP contribution >= 0.6 is 11.6 Å². The van der Waals surface area contributed by atoms with E-state index in [0.29, 0.717) is 34.3 Å². The Morgan fingerprint density at radius 1 is 1.14 bits per heavy atom. The number of carbonyl (C=O) groups is 2. The van der Waals surface area contributed by atoms with Crippen molar-refractivity contribution in [1.82, 2.24) is 19.8 Å². The van der Waals surface area contributed by atoms with Crippen LogP contribution in [-0.2, 0) is 10.2 Å².